The van der Waals surface area contributed by atoms with Crippen LogP contribution in [-0.2, 0) is 28.5 Å². The van der Waals surface area contributed by atoms with E-state index in [1.54, 1.807) is 12.1 Å². The second kappa shape index (κ2) is 9.87. The summed E-state index contributed by atoms with van der Waals surface area (Å²) in [6.07, 6.45) is -7.92. The summed E-state index contributed by atoms with van der Waals surface area (Å²) in [6.45, 7) is -0.914. The molecule has 9 nitrogen and oxygen atoms in total. The third-order valence-corrected chi connectivity index (χ3v) is 5.51. The smallest absolute Gasteiger partial charge is 0.452 e. The molecule has 1 N–H and O–H groups in total. The minimum absolute atomic E-state index is 0.00351. The van der Waals surface area contributed by atoms with Gasteiger partial charge in [0.05, 0.1) is 17.7 Å². The summed E-state index contributed by atoms with van der Waals surface area (Å²) in [7, 11) is -6.15. The van der Waals surface area contributed by atoms with Crippen LogP contribution < -0.4 is 0 Å². The van der Waals surface area contributed by atoms with Crippen LogP contribution in [0.5, 0.6) is 0 Å². The molecule has 3 rings (SSSR count). The van der Waals surface area contributed by atoms with E-state index in [2.05, 4.69) is 4.18 Å². The number of hydrogen-bond acceptors (Lipinski definition) is 9. The summed E-state index contributed by atoms with van der Waals surface area (Å²) in [6, 6.07) is 14.5. The highest BCUT2D eigenvalue weighted by molar-refractivity contribution is 7.87. The van der Waals surface area contributed by atoms with Crippen LogP contribution >= 0.6 is 0 Å². The summed E-state index contributed by atoms with van der Waals surface area (Å²) in [5.41, 5.74) is -5.82. The lowest BCUT2D eigenvalue weighted by atomic mass is 10.0. The van der Waals surface area contributed by atoms with E-state index < -0.39 is 58.8 Å². The molecule has 0 saturated carbocycles. The summed E-state index contributed by atoms with van der Waals surface area (Å²) in [5.74, 6) is -2.13. The third kappa shape index (κ3) is 5.87. The molecule has 1 heterocycles. The van der Waals surface area contributed by atoms with Crippen LogP contribution in [0.3, 0.4) is 0 Å². The van der Waals surface area contributed by atoms with Crippen molar-refractivity contribution >= 4 is 22.1 Å². The monoisotopic (exact) mass is 490 g/mol. The molecular formula is C20H17F3O9S. The fraction of sp³-hybridized carbons (Fsp3) is 0.300. The van der Waals surface area contributed by atoms with Crippen molar-refractivity contribution in [2.45, 2.75) is 30.1 Å². The predicted molar refractivity (Wildman–Crippen MR) is 103 cm³/mol. The van der Waals surface area contributed by atoms with Gasteiger partial charge in [0.25, 0.3) is 0 Å². The fourth-order valence-electron chi connectivity index (χ4n) is 2.86. The number of esters is 2. The van der Waals surface area contributed by atoms with E-state index in [-0.39, 0.29) is 11.1 Å². The van der Waals surface area contributed by atoms with Crippen molar-refractivity contribution in [1.29, 1.82) is 0 Å². The minimum atomic E-state index is -6.15. The van der Waals surface area contributed by atoms with Gasteiger partial charge in [-0.25, -0.2) is 9.59 Å². The van der Waals surface area contributed by atoms with Crippen molar-refractivity contribution in [3.05, 3.63) is 71.8 Å². The molecule has 4 atom stereocenters. The zero-order valence-electron chi connectivity index (χ0n) is 16.5. The van der Waals surface area contributed by atoms with Crippen molar-refractivity contribution in [1.82, 2.24) is 0 Å². The lowest BCUT2D eigenvalue weighted by Crippen LogP contribution is -2.58. The van der Waals surface area contributed by atoms with Crippen LogP contribution in [0, 0.1) is 0 Å². The first-order valence-electron chi connectivity index (χ1n) is 9.31. The minimum Gasteiger partial charge on any atom is -0.452 e. The van der Waals surface area contributed by atoms with E-state index in [9.17, 15) is 36.3 Å². The summed E-state index contributed by atoms with van der Waals surface area (Å²) < 4.78 is 81.0. The molecule has 0 aromatic heterocycles. The molecule has 1 aliphatic rings. The Morgan fingerprint density at radius 1 is 0.879 bits per heavy atom. The Balaban J connectivity index is 1.91. The van der Waals surface area contributed by atoms with Crippen LogP contribution in [0.4, 0.5) is 13.2 Å². The van der Waals surface area contributed by atoms with Gasteiger partial charge in [-0.1, -0.05) is 36.4 Å². The summed E-state index contributed by atoms with van der Waals surface area (Å²) >= 11 is 0. The van der Waals surface area contributed by atoms with Gasteiger partial charge in [0.2, 0.25) is 0 Å². The molecule has 1 saturated heterocycles. The maximum Gasteiger partial charge on any atom is 0.523 e. The molecule has 0 aliphatic carbocycles. The van der Waals surface area contributed by atoms with Gasteiger partial charge in [0.15, 0.2) is 18.5 Å². The van der Waals surface area contributed by atoms with Crippen LogP contribution in [0.25, 0.3) is 0 Å². The van der Waals surface area contributed by atoms with Crippen LogP contribution in [0.2, 0.25) is 0 Å². The van der Waals surface area contributed by atoms with E-state index in [1.807, 2.05) is 0 Å². The number of aliphatic hydroxyl groups is 1. The Hall–Kier alpha value is -3.00. The molecule has 0 unspecified atom stereocenters. The van der Waals surface area contributed by atoms with Gasteiger partial charge >= 0.3 is 27.6 Å². The SMILES string of the molecule is O=C(O[C@@H]1[C@@H](OC(=O)c2ccccc2)[C@@H](OS(=O)(=O)C(F)(F)F)CO[C@H]1O)c1ccccc1. The molecule has 0 amide bonds. The van der Waals surface area contributed by atoms with Crippen molar-refractivity contribution in [3.63, 3.8) is 0 Å². The number of carbonyl (C=O) groups excluding carboxylic acids is 2. The number of aliphatic hydroxyl groups excluding tert-OH is 1. The van der Waals surface area contributed by atoms with Gasteiger partial charge in [0.1, 0.15) is 6.10 Å². The predicted octanol–water partition coefficient (Wildman–Crippen LogP) is 2.02. The Labute approximate surface area is 185 Å². The van der Waals surface area contributed by atoms with Gasteiger partial charge < -0.3 is 19.3 Å². The summed E-state index contributed by atoms with van der Waals surface area (Å²) in [4.78, 5) is 25.0. The molecule has 2 aromatic rings. The van der Waals surface area contributed by atoms with Gasteiger partial charge in [0, 0.05) is 0 Å². The largest absolute Gasteiger partial charge is 0.523 e. The first-order valence-corrected chi connectivity index (χ1v) is 10.7. The second-order valence-electron chi connectivity index (χ2n) is 6.73. The Morgan fingerprint density at radius 3 is 1.79 bits per heavy atom. The van der Waals surface area contributed by atoms with Gasteiger partial charge in [-0.2, -0.15) is 21.6 Å². The number of benzene rings is 2. The van der Waals surface area contributed by atoms with Gasteiger partial charge in [-0.05, 0) is 24.3 Å². The molecule has 0 radical (unpaired) electrons. The molecule has 0 bridgehead atoms. The zero-order valence-corrected chi connectivity index (χ0v) is 17.4. The lowest BCUT2D eigenvalue weighted by molar-refractivity contribution is -0.247. The van der Waals surface area contributed by atoms with E-state index in [0.29, 0.717) is 0 Å². The molecule has 33 heavy (non-hydrogen) atoms. The summed E-state index contributed by atoms with van der Waals surface area (Å²) in [5, 5.41) is 10.2. The van der Waals surface area contributed by atoms with Crippen LogP contribution in [0.1, 0.15) is 20.7 Å². The van der Waals surface area contributed by atoms with E-state index in [1.165, 1.54) is 48.5 Å². The highest BCUT2D eigenvalue weighted by Crippen LogP contribution is 2.31. The average molecular weight is 490 g/mol. The van der Waals surface area contributed by atoms with E-state index >= 15 is 0 Å². The Bertz CT molecular complexity index is 1070. The Kier molecular flexibility index (Phi) is 7.37. The van der Waals surface area contributed by atoms with Gasteiger partial charge in [-0.3, -0.25) is 4.18 Å². The number of rotatable bonds is 6. The molecule has 1 fully saturated rings. The fourth-order valence-corrected chi connectivity index (χ4v) is 3.46. The normalized spacial score (nSPS) is 23.5. The third-order valence-electron chi connectivity index (χ3n) is 4.44. The number of halogens is 3. The van der Waals surface area contributed by atoms with Gasteiger partial charge in [-0.15, -0.1) is 0 Å². The van der Waals surface area contributed by atoms with Crippen LogP contribution in [-0.4, -0.2) is 62.2 Å². The lowest BCUT2D eigenvalue weighted by Gasteiger charge is -2.38. The topological polar surface area (TPSA) is 125 Å². The van der Waals surface area contributed by atoms with Crippen LogP contribution in [0.15, 0.2) is 60.7 Å². The number of ether oxygens (including phenoxy) is 3. The van der Waals surface area contributed by atoms with E-state index in [0.717, 1.165) is 0 Å². The molecule has 13 heteroatoms. The molecule has 2 aromatic carbocycles. The highest BCUT2D eigenvalue weighted by Gasteiger charge is 2.53. The molecule has 0 spiro atoms. The number of hydrogen-bond donors (Lipinski definition) is 1. The maximum absolute atomic E-state index is 12.9. The highest BCUT2D eigenvalue weighted by atomic mass is 32.2. The standard InChI is InChI=1S/C20H17F3O9S/c21-20(22,23)33(27,28)32-14-11-29-19(26)16(31-18(25)13-9-5-2-6-10-13)15(14)30-17(24)12-7-3-1-4-8-12/h1-10,14-16,19,26H,11H2/t14-,15-,16+,19+/m0/s1. The average Bonchev–Trinajstić information content (AvgIpc) is 2.78. The molecule has 1 aliphatic heterocycles. The quantitative estimate of drug-likeness (QED) is 0.368. The number of alkyl halides is 3. The first kappa shape index (κ1) is 24.6. The molecular weight excluding hydrogens is 473 g/mol. The zero-order chi connectivity index (χ0) is 24.2. The number of carbonyl (C=O) groups is 2. The van der Waals surface area contributed by atoms with Crippen molar-refractivity contribution in [3.8, 4) is 0 Å². The van der Waals surface area contributed by atoms with E-state index in [4.69, 9.17) is 14.2 Å². The Morgan fingerprint density at radius 2 is 1.33 bits per heavy atom. The maximum atomic E-state index is 12.9. The second-order valence-corrected chi connectivity index (χ2v) is 8.29. The van der Waals surface area contributed by atoms with Crippen molar-refractivity contribution < 1.29 is 54.7 Å². The first-order chi connectivity index (χ1) is 15.5. The van der Waals surface area contributed by atoms with Crippen molar-refractivity contribution in [2.75, 3.05) is 6.61 Å². The molecule has 178 valence electrons. The van der Waals surface area contributed by atoms with Crippen molar-refractivity contribution in [2.24, 2.45) is 0 Å².